The summed E-state index contributed by atoms with van der Waals surface area (Å²) in [5, 5.41) is 0.429. The van der Waals surface area contributed by atoms with Gasteiger partial charge in [0.25, 0.3) is 0 Å². The van der Waals surface area contributed by atoms with Gasteiger partial charge in [-0.05, 0) is 19.8 Å². The monoisotopic (exact) mass is 283 g/mol. The second kappa shape index (κ2) is 6.63. The van der Waals surface area contributed by atoms with E-state index in [0.29, 0.717) is 17.9 Å². The van der Waals surface area contributed by atoms with Crippen LogP contribution in [-0.2, 0) is 14.4 Å². The summed E-state index contributed by atoms with van der Waals surface area (Å²) in [5.41, 5.74) is 0. The molecule has 1 aliphatic carbocycles. The molecule has 1 aliphatic rings. The van der Waals surface area contributed by atoms with Crippen molar-refractivity contribution in [3.8, 4) is 0 Å². The second-order valence-electron chi connectivity index (χ2n) is 4.19. The van der Waals surface area contributed by atoms with Crippen LogP contribution in [0.5, 0.6) is 0 Å². The molecular weight excluding hydrogens is 267 g/mol. The third-order valence-electron chi connectivity index (χ3n) is 2.77. The maximum atomic E-state index is 12.2. The Bertz CT molecular complexity index is 326. The fourth-order valence-electron chi connectivity index (χ4n) is 1.90. The molecule has 110 valence electrons. The summed E-state index contributed by atoms with van der Waals surface area (Å²) in [6, 6.07) is -0.556. The van der Waals surface area contributed by atoms with Crippen LogP contribution in [0.15, 0.2) is 0 Å². The molecule has 5 nitrogen and oxygen atoms in total. The maximum absolute atomic E-state index is 12.2. The largest absolute Gasteiger partial charge is 0.493 e. The zero-order valence-corrected chi connectivity index (χ0v) is 10.5. The lowest BCUT2D eigenvalue weighted by Gasteiger charge is -2.31. The smallest absolute Gasteiger partial charge is 0.448 e. The molecule has 1 fully saturated rings. The van der Waals surface area contributed by atoms with Crippen molar-refractivity contribution in [3.63, 3.8) is 0 Å². The summed E-state index contributed by atoms with van der Waals surface area (Å²) < 4.78 is 41.1. The highest BCUT2D eigenvalue weighted by atomic mass is 19.4. The van der Waals surface area contributed by atoms with Gasteiger partial charge in [-0.15, -0.1) is 5.06 Å². The zero-order chi connectivity index (χ0) is 14.5. The topological polar surface area (TPSA) is 55.8 Å². The number of hydrogen-bond donors (Lipinski definition) is 0. The van der Waals surface area contributed by atoms with Crippen molar-refractivity contribution in [2.24, 2.45) is 0 Å². The summed E-state index contributed by atoms with van der Waals surface area (Å²) in [4.78, 5) is 26.6. The number of carbonyl (C=O) groups is 2. The minimum absolute atomic E-state index is 0.00831. The molecule has 0 unspecified atom stereocenters. The van der Waals surface area contributed by atoms with Crippen molar-refractivity contribution in [1.29, 1.82) is 0 Å². The van der Waals surface area contributed by atoms with Crippen LogP contribution in [0, 0.1) is 0 Å². The third-order valence-corrected chi connectivity index (χ3v) is 2.77. The number of nitrogens with zero attached hydrogens (tertiary/aromatic N) is 1. The number of carbonyl (C=O) groups excluding carboxylic acids is 2. The molecule has 19 heavy (non-hydrogen) atoms. The molecule has 0 aliphatic heterocycles. The lowest BCUT2D eigenvalue weighted by Crippen LogP contribution is -2.45. The predicted octanol–water partition coefficient (Wildman–Crippen LogP) is 2.80. The third kappa shape index (κ3) is 4.60. The van der Waals surface area contributed by atoms with Crippen molar-refractivity contribution in [3.05, 3.63) is 0 Å². The van der Waals surface area contributed by atoms with E-state index in [2.05, 4.69) is 9.57 Å². The Kier molecular flexibility index (Phi) is 5.44. The zero-order valence-electron chi connectivity index (χ0n) is 10.5. The fourth-order valence-corrected chi connectivity index (χ4v) is 1.90. The van der Waals surface area contributed by atoms with Crippen molar-refractivity contribution >= 4 is 12.1 Å². The molecule has 0 aromatic carbocycles. The summed E-state index contributed by atoms with van der Waals surface area (Å²) in [7, 11) is 0. The lowest BCUT2D eigenvalue weighted by molar-refractivity contribution is -0.238. The van der Waals surface area contributed by atoms with Gasteiger partial charge in [0, 0.05) is 0 Å². The van der Waals surface area contributed by atoms with Crippen molar-refractivity contribution in [2.45, 2.75) is 51.2 Å². The van der Waals surface area contributed by atoms with Gasteiger partial charge in [0.1, 0.15) is 0 Å². The Labute approximate surface area is 108 Å². The van der Waals surface area contributed by atoms with E-state index in [1.165, 1.54) is 6.92 Å². The van der Waals surface area contributed by atoms with Crippen molar-refractivity contribution in [2.75, 3.05) is 6.61 Å². The Morgan fingerprint density at radius 1 is 1.21 bits per heavy atom. The van der Waals surface area contributed by atoms with E-state index in [1.54, 1.807) is 0 Å². The fraction of sp³-hybridized carbons (Fsp3) is 0.818. The molecule has 1 saturated carbocycles. The van der Waals surface area contributed by atoms with Gasteiger partial charge in [0.2, 0.25) is 0 Å². The molecule has 0 N–H and O–H groups in total. The minimum Gasteiger partial charge on any atom is -0.448 e. The molecule has 0 saturated heterocycles. The quantitative estimate of drug-likeness (QED) is 0.731. The molecule has 0 aromatic rings. The second-order valence-corrected chi connectivity index (χ2v) is 4.19. The van der Waals surface area contributed by atoms with E-state index in [4.69, 9.17) is 0 Å². The summed E-state index contributed by atoms with van der Waals surface area (Å²) >= 11 is 0. The molecule has 1 rings (SSSR count). The summed E-state index contributed by atoms with van der Waals surface area (Å²) in [5.74, 6) is -2.41. The molecule has 8 heteroatoms. The molecule has 0 radical (unpaired) electrons. The SMILES string of the molecule is CCOC(=O)N(OC(=O)C(F)(F)F)C1CCCCC1. The van der Waals surface area contributed by atoms with Gasteiger partial charge in [0.15, 0.2) is 0 Å². The van der Waals surface area contributed by atoms with Gasteiger partial charge >= 0.3 is 18.2 Å². The molecule has 1 amide bonds. The van der Waals surface area contributed by atoms with E-state index in [9.17, 15) is 22.8 Å². The van der Waals surface area contributed by atoms with Gasteiger partial charge in [-0.2, -0.15) is 13.2 Å². The van der Waals surface area contributed by atoms with Gasteiger partial charge in [-0.25, -0.2) is 9.59 Å². The number of rotatable bonds is 2. The van der Waals surface area contributed by atoms with E-state index < -0.39 is 24.3 Å². The van der Waals surface area contributed by atoms with E-state index in [-0.39, 0.29) is 6.61 Å². The van der Waals surface area contributed by atoms with Crippen LogP contribution in [0.1, 0.15) is 39.0 Å². The summed E-state index contributed by atoms with van der Waals surface area (Å²) in [6.45, 7) is 1.51. The Morgan fingerprint density at radius 3 is 2.26 bits per heavy atom. The van der Waals surface area contributed by atoms with Crippen molar-refractivity contribution < 1.29 is 32.3 Å². The molecule has 0 spiro atoms. The van der Waals surface area contributed by atoms with Crippen LogP contribution >= 0.6 is 0 Å². The number of halogens is 3. The Morgan fingerprint density at radius 2 is 1.79 bits per heavy atom. The first-order valence-electron chi connectivity index (χ1n) is 6.11. The number of hydrogen-bond acceptors (Lipinski definition) is 4. The highest BCUT2D eigenvalue weighted by Gasteiger charge is 2.44. The van der Waals surface area contributed by atoms with Crippen LogP contribution in [-0.4, -0.2) is 36.0 Å². The molecular formula is C11H16F3NO4. The average molecular weight is 283 g/mol. The average Bonchev–Trinajstić information content (AvgIpc) is 2.35. The van der Waals surface area contributed by atoms with Crippen molar-refractivity contribution in [1.82, 2.24) is 5.06 Å². The number of hydroxylamine groups is 2. The van der Waals surface area contributed by atoms with Crippen LogP contribution in [0.4, 0.5) is 18.0 Å². The number of alkyl halides is 3. The summed E-state index contributed by atoms with van der Waals surface area (Å²) in [6.07, 6.45) is -2.74. The van der Waals surface area contributed by atoms with Crippen LogP contribution in [0.2, 0.25) is 0 Å². The molecule has 0 aromatic heterocycles. The first kappa shape index (κ1) is 15.6. The molecule has 0 bridgehead atoms. The van der Waals surface area contributed by atoms with Gasteiger partial charge in [0.05, 0.1) is 12.6 Å². The van der Waals surface area contributed by atoms with E-state index in [0.717, 1.165) is 19.3 Å². The number of ether oxygens (including phenoxy) is 1. The predicted molar refractivity (Wildman–Crippen MR) is 57.9 cm³/mol. The Balaban J connectivity index is 2.74. The first-order chi connectivity index (χ1) is 8.86. The highest BCUT2D eigenvalue weighted by Crippen LogP contribution is 2.25. The minimum atomic E-state index is -5.14. The molecule has 0 atom stereocenters. The maximum Gasteiger partial charge on any atom is 0.493 e. The lowest BCUT2D eigenvalue weighted by atomic mass is 9.95. The van der Waals surface area contributed by atoms with E-state index in [1.807, 2.05) is 0 Å². The highest BCUT2D eigenvalue weighted by molar-refractivity contribution is 5.77. The first-order valence-corrected chi connectivity index (χ1v) is 6.11. The Hall–Kier alpha value is -1.47. The van der Waals surface area contributed by atoms with Gasteiger partial charge < -0.3 is 9.57 Å². The standard InChI is InChI=1S/C11H16F3NO4/c1-2-18-10(17)15(8-6-4-3-5-7-8)19-9(16)11(12,13)14/h8H,2-7H2,1H3. The normalized spacial score (nSPS) is 16.8. The van der Waals surface area contributed by atoms with Gasteiger partial charge in [-0.1, -0.05) is 19.3 Å². The van der Waals surface area contributed by atoms with Crippen LogP contribution in [0.25, 0.3) is 0 Å². The van der Waals surface area contributed by atoms with Crippen LogP contribution < -0.4 is 0 Å². The molecule has 0 heterocycles. The van der Waals surface area contributed by atoms with Crippen LogP contribution in [0.3, 0.4) is 0 Å². The van der Waals surface area contributed by atoms with E-state index >= 15 is 0 Å². The van der Waals surface area contributed by atoms with Gasteiger partial charge in [-0.3, -0.25) is 0 Å². The number of amides is 1.